The van der Waals surface area contributed by atoms with E-state index in [1.54, 1.807) is 0 Å². The van der Waals surface area contributed by atoms with Crippen LogP contribution < -0.4 is 11.5 Å². The minimum absolute atomic E-state index is 0. The van der Waals surface area contributed by atoms with E-state index in [-0.39, 0.29) is 36.9 Å². The lowest BCUT2D eigenvalue weighted by Crippen LogP contribution is -2.32. The predicted octanol–water partition coefficient (Wildman–Crippen LogP) is -1.75. The minimum Gasteiger partial charge on any atom is -0.389 e. The van der Waals surface area contributed by atoms with Crippen molar-refractivity contribution in [3.8, 4) is 0 Å². The molecule has 4 atom stereocenters. The summed E-state index contributed by atoms with van der Waals surface area (Å²) < 4.78 is 9.59. The lowest BCUT2D eigenvalue weighted by Gasteiger charge is -2.01. The van der Waals surface area contributed by atoms with Crippen molar-refractivity contribution >= 4 is 24.8 Å². The van der Waals surface area contributed by atoms with Gasteiger partial charge in [-0.2, -0.15) is 0 Å². The van der Waals surface area contributed by atoms with Crippen LogP contribution >= 0.6 is 24.8 Å². The van der Waals surface area contributed by atoms with Gasteiger partial charge in [0.05, 0.1) is 50.7 Å². The van der Waals surface area contributed by atoms with E-state index in [1.807, 2.05) is 0 Å². The van der Waals surface area contributed by atoms with Crippen molar-refractivity contribution in [1.29, 1.82) is 0 Å². The van der Waals surface area contributed by atoms with E-state index in [9.17, 15) is 0 Å². The highest BCUT2D eigenvalue weighted by Gasteiger charge is 2.21. The van der Waals surface area contributed by atoms with Crippen molar-refractivity contribution in [1.82, 2.24) is 0 Å². The smallest absolute Gasteiger partial charge is 0.0946 e. The van der Waals surface area contributed by atoms with Gasteiger partial charge in [0.2, 0.25) is 0 Å². The molecule has 6 N–H and O–H groups in total. The van der Waals surface area contributed by atoms with Gasteiger partial charge in [-0.05, 0) is 0 Å². The molecule has 2 rings (SSSR count). The quantitative estimate of drug-likeness (QED) is 0.418. The summed E-state index contributed by atoms with van der Waals surface area (Å²) in [6.07, 6.45) is -0.861. The van der Waals surface area contributed by atoms with Crippen LogP contribution in [0.4, 0.5) is 0 Å². The van der Waals surface area contributed by atoms with Crippen LogP contribution in [0.1, 0.15) is 0 Å². The first kappa shape index (κ1) is 18.7. The fourth-order valence-corrected chi connectivity index (χ4v) is 1.12. The average Bonchev–Trinajstić information content (AvgIpc) is 2.67. The summed E-state index contributed by atoms with van der Waals surface area (Å²) in [6, 6.07) is -0.306. The van der Waals surface area contributed by atoms with Gasteiger partial charge in [-0.1, -0.05) is 0 Å². The maximum atomic E-state index is 8.75. The average molecular weight is 279 g/mol. The van der Waals surface area contributed by atoms with Gasteiger partial charge in [0, 0.05) is 0 Å². The van der Waals surface area contributed by atoms with Crippen LogP contribution in [0.3, 0.4) is 0 Å². The number of halogens is 2. The first-order valence-electron chi connectivity index (χ1n) is 4.64. The van der Waals surface area contributed by atoms with Gasteiger partial charge >= 0.3 is 0 Å². The number of aliphatic hydroxyl groups excluding tert-OH is 2. The molecule has 6 nitrogen and oxygen atoms in total. The highest BCUT2D eigenvalue weighted by molar-refractivity contribution is 5.85. The van der Waals surface area contributed by atoms with E-state index in [1.165, 1.54) is 0 Å². The standard InChI is InChI=1S/2C4H9NO2.2ClH/c2*5-3-1-7-2-4(3)6;;/h2*3-4,6H,1-2,5H2;2*1H/t2*3-,4-;;/m10../s1. The Morgan fingerprint density at radius 2 is 1.06 bits per heavy atom. The largest absolute Gasteiger partial charge is 0.389 e. The van der Waals surface area contributed by atoms with E-state index in [0.29, 0.717) is 26.4 Å². The molecule has 2 heterocycles. The summed E-state index contributed by atoms with van der Waals surface area (Å²) in [5, 5.41) is 17.5. The third kappa shape index (κ3) is 6.17. The summed E-state index contributed by atoms with van der Waals surface area (Å²) in [5.74, 6) is 0. The van der Waals surface area contributed by atoms with Crippen LogP contribution in [-0.4, -0.2) is 60.9 Å². The van der Waals surface area contributed by atoms with Crippen LogP contribution in [0.25, 0.3) is 0 Å². The molecule has 2 fully saturated rings. The molecule has 100 valence electrons. The predicted molar refractivity (Wildman–Crippen MR) is 64.1 cm³/mol. The number of aliphatic hydroxyl groups is 2. The third-order valence-electron chi connectivity index (χ3n) is 2.19. The fraction of sp³-hybridized carbons (Fsp3) is 1.00. The van der Waals surface area contributed by atoms with Crippen LogP contribution in [0, 0.1) is 0 Å². The second-order valence-corrected chi connectivity index (χ2v) is 3.54. The maximum absolute atomic E-state index is 8.75. The van der Waals surface area contributed by atoms with Crippen molar-refractivity contribution < 1.29 is 19.7 Å². The number of ether oxygens (including phenoxy) is 2. The van der Waals surface area contributed by atoms with Crippen molar-refractivity contribution in [2.45, 2.75) is 24.3 Å². The van der Waals surface area contributed by atoms with Crippen molar-refractivity contribution in [3.63, 3.8) is 0 Å². The monoisotopic (exact) mass is 278 g/mol. The van der Waals surface area contributed by atoms with E-state index >= 15 is 0 Å². The second-order valence-electron chi connectivity index (χ2n) is 3.54. The molecule has 0 bridgehead atoms. The Morgan fingerprint density at radius 3 is 1.12 bits per heavy atom. The third-order valence-corrected chi connectivity index (χ3v) is 2.19. The van der Waals surface area contributed by atoms with Crippen molar-refractivity contribution in [2.75, 3.05) is 26.4 Å². The molecule has 0 aromatic heterocycles. The first-order valence-corrected chi connectivity index (χ1v) is 4.64. The van der Waals surface area contributed by atoms with Crippen LogP contribution in [0.15, 0.2) is 0 Å². The van der Waals surface area contributed by atoms with Gasteiger partial charge in [-0.3, -0.25) is 0 Å². The number of hydrogen-bond donors (Lipinski definition) is 4. The molecule has 8 heteroatoms. The Morgan fingerprint density at radius 1 is 0.750 bits per heavy atom. The molecular formula is C8H20Cl2N2O4. The normalized spacial score (nSPS) is 36.8. The lowest BCUT2D eigenvalue weighted by atomic mass is 10.2. The molecule has 0 amide bonds. The van der Waals surface area contributed by atoms with E-state index in [4.69, 9.17) is 31.2 Å². The Balaban J connectivity index is 0. The van der Waals surface area contributed by atoms with Crippen LogP contribution in [0.5, 0.6) is 0 Å². The highest BCUT2D eigenvalue weighted by Crippen LogP contribution is 2.00. The Hall–Kier alpha value is 0.340. The molecule has 0 unspecified atom stereocenters. The Kier molecular flexibility index (Phi) is 11.0. The molecule has 2 aliphatic heterocycles. The van der Waals surface area contributed by atoms with E-state index < -0.39 is 12.2 Å². The SMILES string of the molecule is Cl.Cl.N[C@@H]1COC[C@H]1O.N[C@H]1COC[C@@H]1O. The molecule has 2 aliphatic rings. The number of hydrogen-bond acceptors (Lipinski definition) is 6. The van der Waals surface area contributed by atoms with Gasteiger partial charge in [0.25, 0.3) is 0 Å². The summed E-state index contributed by atoms with van der Waals surface area (Å²) >= 11 is 0. The molecule has 16 heavy (non-hydrogen) atoms. The first-order chi connectivity index (χ1) is 6.61. The van der Waals surface area contributed by atoms with E-state index in [2.05, 4.69) is 0 Å². The van der Waals surface area contributed by atoms with Gasteiger partial charge < -0.3 is 31.2 Å². The zero-order valence-electron chi connectivity index (χ0n) is 8.82. The second kappa shape index (κ2) is 9.38. The topological polar surface area (TPSA) is 111 Å². The van der Waals surface area contributed by atoms with Crippen molar-refractivity contribution in [2.24, 2.45) is 11.5 Å². The summed E-state index contributed by atoms with van der Waals surface area (Å²) in [7, 11) is 0. The molecule has 2 saturated heterocycles. The molecule has 0 aromatic carbocycles. The number of nitrogens with two attached hydrogens (primary N) is 2. The Labute approximate surface area is 107 Å². The van der Waals surface area contributed by atoms with Crippen LogP contribution in [0.2, 0.25) is 0 Å². The van der Waals surface area contributed by atoms with Gasteiger partial charge in [0.1, 0.15) is 0 Å². The molecule has 0 saturated carbocycles. The fourth-order valence-electron chi connectivity index (χ4n) is 1.12. The maximum Gasteiger partial charge on any atom is 0.0946 e. The molecule has 0 aromatic rings. The summed E-state index contributed by atoms with van der Waals surface area (Å²) in [6.45, 7) is 1.81. The Bertz CT molecular complexity index is 144. The summed E-state index contributed by atoms with van der Waals surface area (Å²) in [4.78, 5) is 0. The zero-order chi connectivity index (χ0) is 10.6. The van der Waals surface area contributed by atoms with Gasteiger partial charge in [-0.25, -0.2) is 0 Å². The van der Waals surface area contributed by atoms with E-state index in [0.717, 1.165) is 0 Å². The van der Waals surface area contributed by atoms with Gasteiger partial charge in [-0.15, -0.1) is 24.8 Å². The zero-order valence-corrected chi connectivity index (χ0v) is 10.5. The number of rotatable bonds is 0. The molecular weight excluding hydrogens is 259 g/mol. The van der Waals surface area contributed by atoms with Crippen molar-refractivity contribution in [3.05, 3.63) is 0 Å². The molecule has 0 radical (unpaired) electrons. The van der Waals surface area contributed by atoms with Gasteiger partial charge in [0.15, 0.2) is 0 Å². The lowest BCUT2D eigenvalue weighted by molar-refractivity contribution is 0.125. The van der Waals surface area contributed by atoms with Crippen LogP contribution in [-0.2, 0) is 9.47 Å². The molecule has 0 aliphatic carbocycles. The highest BCUT2D eigenvalue weighted by atomic mass is 35.5. The molecule has 0 spiro atoms. The minimum atomic E-state index is -0.431. The summed E-state index contributed by atoms with van der Waals surface area (Å²) in [5.41, 5.74) is 10.6.